The number of aliphatic imine (C=N–C) groups is 1. The zero-order valence-corrected chi connectivity index (χ0v) is 7.35. The van der Waals surface area contributed by atoms with E-state index in [1.807, 2.05) is 13.8 Å². The molecule has 0 fully saturated rings. The molecule has 0 aliphatic heterocycles. The van der Waals surface area contributed by atoms with Crippen molar-refractivity contribution in [1.29, 1.82) is 0 Å². The quantitative estimate of drug-likeness (QED) is 0.331. The maximum atomic E-state index is 4.15. The van der Waals surface area contributed by atoms with E-state index in [1.165, 1.54) is 0 Å². The van der Waals surface area contributed by atoms with Gasteiger partial charge in [-0.3, -0.25) is 4.99 Å². The van der Waals surface area contributed by atoms with Crippen LogP contribution in [-0.2, 0) is 0 Å². The zero-order valence-electron chi connectivity index (χ0n) is 7.35. The van der Waals surface area contributed by atoms with E-state index in [1.54, 1.807) is 6.21 Å². The minimum Gasteiger partial charge on any atom is -0.293 e. The Morgan fingerprint density at radius 1 is 1.64 bits per heavy atom. The average molecular weight is 149 g/mol. The van der Waals surface area contributed by atoms with Crippen molar-refractivity contribution < 1.29 is 0 Å². The molecule has 0 rings (SSSR count). The lowest BCUT2D eigenvalue weighted by atomic mass is 10.3. The molecule has 0 atom stereocenters. The maximum Gasteiger partial charge on any atom is 0.0398 e. The Kier molecular flexibility index (Phi) is 6.42. The van der Waals surface area contributed by atoms with E-state index < -0.39 is 0 Å². The molecule has 0 aliphatic carbocycles. The maximum absolute atomic E-state index is 4.15. The molecule has 0 heterocycles. The van der Waals surface area contributed by atoms with Crippen LogP contribution < -0.4 is 0 Å². The first kappa shape index (κ1) is 9.97. The van der Waals surface area contributed by atoms with Gasteiger partial charge in [0.1, 0.15) is 0 Å². The van der Waals surface area contributed by atoms with Gasteiger partial charge in [0.05, 0.1) is 0 Å². The monoisotopic (exact) mass is 149 g/mol. The summed E-state index contributed by atoms with van der Waals surface area (Å²) in [5, 5.41) is 0. The van der Waals surface area contributed by atoms with E-state index in [0.29, 0.717) is 0 Å². The van der Waals surface area contributed by atoms with Crippen molar-refractivity contribution in [3.63, 3.8) is 0 Å². The molecule has 0 aromatic carbocycles. The number of nitrogens with zero attached hydrogens (tertiary/aromatic N) is 1. The molecular formula is C10H15N. The second-order valence-corrected chi connectivity index (χ2v) is 2.41. The first-order chi connectivity index (χ1) is 5.27. The van der Waals surface area contributed by atoms with Gasteiger partial charge >= 0.3 is 0 Å². The number of hydrogen-bond acceptors (Lipinski definition) is 1. The molecular weight excluding hydrogens is 134 g/mol. The van der Waals surface area contributed by atoms with Crippen molar-refractivity contribution in [1.82, 2.24) is 0 Å². The fraction of sp³-hybridized carbons (Fsp3) is 0.500. The Hall–Kier alpha value is -1.03. The van der Waals surface area contributed by atoms with Gasteiger partial charge in [-0.25, -0.2) is 0 Å². The van der Waals surface area contributed by atoms with Gasteiger partial charge in [0.15, 0.2) is 0 Å². The molecule has 1 heteroatoms. The lowest BCUT2D eigenvalue weighted by Crippen LogP contribution is -1.81. The van der Waals surface area contributed by atoms with Crippen LogP contribution in [-0.4, -0.2) is 12.8 Å². The molecule has 0 unspecified atom stereocenters. The third-order valence-electron chi connectivity index (χ3n) is 1.08. The summed E-state index contributed by atoms with van der Waals surface area (Å²) in [6, 6.07) is 0. The summed E-state index contributed by atoms with van der Waals surface area (Å²) in [5.74, 6) is 5.84. The first-order valence-corrected chi connectivity index (χ1v) is 3.82. The van der Waals surface area contributed by atoms with E-state index in [2.05, 4.69) is 23.4 Å². The number of unbranched alkanes of at least 4 members (excludes halogenated alkanes) is 1. The van der Waals surface area contributed by atoms with Gasteiger partial charge in [-0.05, 0) is 25.8 Å². The van der Waals surface area contributed by atoms with E-state index in [4.69, 9.17) is 0 Å². The first-order valence-electron chi connectivity index (χ1n) is 3.82. The van der Waals surface area contributed by atoms with Crippen molar-refractivity contribution >= 4 is 6.21 Å². The zero-order chi connectivity index (χ0) is 8.53. The van der Waals surface area contributed by atoms with E-state index in [9.17, 15) is 0 Å². The van der Waals surface area contributed by atoms with Crippen molar-refractivity contribution in [3.05, 3.63) is 12.2 Å². The highest BCUT2D eigenvalue weighted by Gasteiger charge is 1.79. The van der Waals surface area contributed by atoms with Crippen LogP contribution in [0.3, 0.4) is 0 Å². The van der Waals surface area contributed by atoms with Crippen molar-refractivity contribution in [3.8, 4) is 11.8 Å². The fourth-order valence-corrected chi connectivity index (χ4v) is 0.604. The smallest absolute Gasteiger partial charge is 0.0398 e. The summed E-state index contributed by atoms with van der Waals surface area (Å²) >= 11 is 0. The topological polar surface area (TPSA) is 12.4 Å². The Labute approximate surface area is 69.2 Å². The number of rotatable bonds is 4. The van der Waals surface area contributed by atoms with Gasteiger partial charge in [0.2, 0.25) is 0 Å². The Bertz CT molecular complexity index is 191. The van der Waals surface area contributed by atoms with Crippen molar-refractivity contribution in [2.75, 3.05) is 6.54 Å². The Morgan fingerprint density at radius 2 is 2.36 bits per heavy atom. The van der Waals surface area contributed by atoms with Gasteiger partial charge in [-0.1, -0.05) is 6.58 Å². The molecule has 0 amide bonds. The molecule has 0 aromatic heterocycles. The van der Waals surface area contributed by atoms with Crippen LogP contribution in [0.4, 0.5) is 0 Å². The molecule has 0 saturated heterocycles. The predicted octanol–water partition coefficient (Wildman–Crippen LogP) is 2.44. The highest BCUT2D eigenvalue weighted by atomic mass is 14.7. The predicted molar refractivity (Wildman–Crippen MR) is 50.9 cm³/mol. The molecule has 60 valence electrons. The third-order valence-corrected chi connectivity index (χ3v) is 1.08. The minimum atomic E-state index is 0.863. The molecule has 0 aliphatic rings. The average Bonchev–Trinajstić information content (AvgIpc) is 1.96. The summed E-state index contributed by atoms with van der Waals surface area (Å²) in [6.07, 6.45) is 3.80. The Morgan fingerprint density at radius 3 is 2.91 bits per heavy atom. The molecule has 0 N–H and O–H groups in total. The van der Waals surface area contributed by atoms with Crippen LogP contribution in [0.5, 0.6) is 0 Å². The number of hydrogen-bond donors (Lipinski definition) is 0. The molecule has 0 saturated carbocycles. The van der Waals surface area contributed by atoms with Gasteiger partial charge in [0.25, 0.3) is 0 Å². The van der Waals surface area contributed by atoms with E-state index >= 15 is 0 Å². The molecule has 0 radical (unpaired) electrons. The van der Waals surface area contributed by atoms with Crippen LogP contribution in [0, 0.1) is 11.8 Å². The summed E-state index contributed by atoms with van der Waals surface area (Å²) < 4.78 is 0. The lowest BCUT2D eigenvalue weighted by molar-refractivity contribution is 0.873. The van der Waals surface area contributed by atoms with E-state index in [-0.39, 0.29) is 0 Å². The molecule has 0 bridgehead atoms. The summed E-state index contributed by atoms with van der Waals surface area (Å²) in [7, 11) is 0. The van der Waals surface area contributed by atoms with Crippen molar-refractivity contribution in [2.45, 2.75) is 26.7 Å². The van der Waals surface area contributed by atoms with Crippen LogP contribution in [0.1, 0.15) is 26.7 Å². The largest absolute Gasteiger partial charge is 0.293 e. The minimum absolute atomic E-state index is 0.863. The van der Waals surface area contributed by atoms with Crippen LogP contribution in [0.25, 0.3) is 0 Å². The van der Waals surface area contributed by atoms with Gasteiger partial charge in [0, 0.05) is 19.2 Å². The lowest BCUT2D eigenvalue weighted by Gasteiger charge is -1.88. The van der Waals surface area contributed by atoms with Crippen molar-refractivity contribution in [2.24, 2.45) is 4.99 Å². The normalized spacial score (nSPS) is 9.27. The molecule has 11 heavy (non-hydrogen) atoms. The second-order valence-electron chi connectivity index (χ2n) is 2.41. The molecule has 0 spiro atoms. The SMILES string of the molecule is C=C(C)C=NCCCC#CC. The van der Waals surface area contributed by atoms with Crippen LogP contribution >= 0.6 is 0 Å². The molecule has 0 aromatic rings. The summed E-state index contributed by atoms with van der Waals surface area (Å²) in [6.45, 7) is 8.37. The Balaban J connectivity index is 3.25. The third kappa shape index (κ3) is 8.97. The van der Waals surface area contributed by atoms with Gasteiger partial charge in [-0.2, -0.15) is 0 Å². The standard InChI is InChI=1S/C10H15N/c1-4-5-6-7-8-11-9-10(2)3/h9H,2,6-8H2,1,3H3. The number of allylic oxidation sites excluding steroid dienone is 1. The highest BCUT2D eigenvalue weighted by molar-refractivity contribution is 5.76. The van der Waals surface area contributed by atoms with Gasteiger partial charge < -0.3 is 0 Å². The van der Waals surface area contributed by atoms with Crippen LogP contribution in [0.2, 0.25) is 0 Å². The summed E-state index contributed by atoms with van der Waals surface area (Å²) in [4.78, 5) is 4.15. The second kappa shape index (κ2) is 7.08. The van der Waals surface area contributed by atoms with Crippen LogP contribution in [0.15, 0.2) is 17.1 Å². The van der Waals surface area contributed by atoms with Gasteiger partial charge in [-0.15, -0.1) is 11.8 Å². The summed E-state index contributed by atoms with van der Waals surface area (Å²) in [5.41, 5.74) is 1.01. The fourth-order valence-electron chi connectivity index (χ4n) is 0.604. The molecule has 1 nitrogen and oxygen atoms in total. The highest BCUT2D eigenvalue weighted by Crippen LogP contribution is 1.88. The van der Waals surface area contributed by atoms with E-state index in [0.717, 1.165) is 25.0 Å².